The first kappa shape index (κ1) is 35.6. The van der Waals surface area contributed by atoms with Crippen molar-refractivity contribution in [3.63, 3.8) is 0 Å². The smallest absolute Gasteiger partial charge is 0.157 e. The Kier molecular flexibility index (Phi) is 16.3. The molecule has 0 radical (unpaired) electrons. The van der Waals surface area contributed by atoms with Crippen molar-refractivity contribution in [3.8, 4) is 0 Å². The number of carbonyl (C=O) groups is 5. The monoisotopic (exact) mass is 517 g/mol. The molecule has 0 amide bonds. The third-order valence-corrected chi connectivity index (χ3v) is 5.40. The Morgan fingerprint density at radius 3 is 0.919 bits per heavy atom. The molecule has 206 valence electrons. The maximum atomic E-state index is 11.3. The van der Waals surface area contributed by atoms with Crippen molar-refractivity contribution in [1.82, 2.24) is 10.6 Å². The van der Waals surface area contributed by atoms with Gasteiger partial charge in [0.05, 0.1) is 0 Å². The van der Waals surface area contributed by atoms with Crippen molar-refractivity contribution < 1.29 is 29.1 Å². The van der Waals surface area contributed by atoms with Gasteiger partial charge in [-0.15, -0.1) is 0 Å². The molecule has 9 heteroatoms. The average Bonchev–Trinajstić information content (AvgIpc) is 2.74. The fourth-order valence-electron chi connectivity index (χ4n) is 3.62. The second-order valence-electron chi connectivity index (χ2n) is 8.74. The number of allylic oxidation sites excluding steroid dienone is 10. The molecule has 37 heavy (non-hydrogen) atoms. The molecule has 9 nitrogen and oxygen atoms in total. The van der Waals surface area contributed by atoms with E-state index in [0.29, 0.717) is 40.8 Å². The fourth-order valence-corrected chi connectivity index (χ4v) is 3.62. The molecule has 2 rings (SSSR count). The summed E-state index contributed by atoms with van der Waals surface area (Å²) in [6.07, 6.45) is 2.32. The third-order valence-electron chi connectivity index (χ3n) is 5.40. The van der Waals surface area contributed by atoms with Crippen LogP contribution in [0, 0.1) is 0 Å². The lowest BCUT2D eigenvalue weighted by atomic mass is 9.94. The Morgan fingerprint density at radius 1 is 0.595 bits per heavy atom. The standard InChI is InChI=1S/2C11H15NO2.C5H9NO.CH4O/c2*1-6-10(8(3)13)5-11(9(4)14)7(2)12-6;1-4(6)3-5(2)7;1-2/h2*12H,5H2,1-4H3;3H,6H2,1-2H3;2H,1H3/b;;4-3-;. The van der Waals surface area contributed by atoms with Crippen LogP contribution in [-0.2, 0) is 24.0 Å². The van der Waals surface area contributed by atoms with Gasteiger partial charge in [0, 0.05) is 70.7 Å². The van der Waals surface area contributed by atoms with Crippen LogP contribution in [-0.4, -0.2) is 41.1 Å². The van der Waals surface area contributed by atoms with Crippen LogP contribution in [0.25, 0.3) is 0 Å². The van der Waals surface area contributed by atoms with Crippen molar-refractivity contribution in [3.05, 3.63) is 56.9 Å². The van der Waals surface area contributed by atoms with Gasteiger partial charge in [0.2, 0.25) is 0 Å². The molecule has 0 saturated heterocycles. The highest BCUT2D eigenvalue weighted by Crippen LogP contribution is 2.24. The Labute approximate surface area is 220 Å². The Balaban J connectivity index is 0. The summed E-state index contributed by atoms with van der Waals surface area (Å²) in [5, 5.41) is 13.1. The Hall–Kier alpha value is -3.59. The van der Waals surface area contributed by atoms with Crippen LogP contribution in [0.15, 0.2) is 56.9 Å². The molecule has 0 unspecified atom stereocenters. The molecular formula is C28H43N3O6. The van der Waals surface area contributed by atoms with Gasteiger partial charge in [0.15, 0.2) is 28.9 Å². The second kappa shape index (κ2) is 17.0. The molecule has 0 saturated carbocycles. The highest BCUT2D eigenvalue weighted by atomic mass is 16.2. The first-order valence-electron chi connectivity index (χ1n) is 11.7. The van der Waals surface area contributed by atoms with Gasteiger partial charge in [-0.3, -0.25) is 24.0 Å². The number of ketones is 5. The maximum absolute atomic E-state index is 11.3. The van der Waals surface area contributed by atoms with Gasteiger partial charge >= 0.3 is 0 Å². The van der Waals surface area contributed by atoms with E-state index < -0.39 is 0 Å². The van der Waals surface area contributed by atoms with E-state index in [4.69, 9.17) is 10.8 Å². The van der Waals surface area contributed by atoms with Crippen LogP contribution in [0.4, 0.5) is 0 Å². The Morgan fingerprint density at radius 2 is 0.811 bits per heavy atom. The molecule has 0 bridgehead atoms. The predicted octanol–water partition coefficient (Wildman–Crippen LogP) is 3.46. The number of nitrogens with two attached hydrogens (primary N) is 1. The van der Waals surface area contributed by atoms with Gasteiger partial charge < -0.3 is 21.5 Å². The average molecular weight is 518 g/mol. The van der Waals surface area contributed by atoms with Gasteiger partial charge in [-0.25, -0.2) is 0 Å². The molecule has 0 aliphatic carbocycles. The minimum absolute atomic E-state index is 0.000000000000000444. The van der Waals surface area contributed by atoms with E-state index in [9.17, 15) is 24.0 Å². The Bertz CT molecular complexity index is 941. The summed E-state index contributed by atoms with van der Waals surface area (Å²) in [6, 6.07) is 0. The lowest BCUT2D eigenvalue weighted by molar-refractivity contribution is -0.115. The predicted molar refractivity (Wildman–Crippen MR) is 146 cm³/mol. The topological polar surface area (TPSA) is 156 Å². The van der Waals surface area contributed by atoms with Gasteiger partial charge in [0.25, 0.3) is 0 Å². The zero-order valence-electron chi connectivity index (χ0n) is 24.1. The number of aliphatic hydroxyl groups excluding tert-OH is 1. The number of aliphatic hydroxyl groups is 1. The molecule has 2 heterocycles. The van der Waals surface area contributed by atoms with E-state index in [1.54, 1.807) is 6.92 Å². The molecule has 0 aromatic heterocycles. The molecule has 0 fully saturated rings. The molecule has 0 atom stereocenters. The maximum Gasteiger partial charge on any atom is 0.157 e. The van der Waals surface area contributed by atoms with Crippen LogP contribution in [0.2, 0.25) is 0 Å². The molecule has 2 aliphatic rings. The summed E-state index contributed by atoms with van der Waals surface area (Å²) >= 11 is 0. The highest BCUT2D eigenvalue weighted by molar-refractivity contribution is 6.01. The van der Waals surface area contributed by atoms with E-state index in [0.717, 1.165) is 29.9 Å². The fraction of sp³-hybridized carbons (Fsp3) is 0.464. The van der Waals surface area contributed by atoms with Crippen molar-refractivity contribution in [2.75, 3.05) is 7.11 Å². The van der Waals surface area contributed by atoms with E-state index >= 15 is 0 Å². The number of carbonyl (C=O) groups excluding carboxylic acids is 5. The minimum atomic E-state index is 0.000000000000000444. The summed E-state index contributed by atoms with van der Waals surface area (Å²) < 4.78 is 0. The summed E-state index contributed by atoms with van der Waals surface area (Å²) in [5.74, 6) is 0.116. The first-order valence-corrected chi connectivity index (χ1v) is 11.7. The van der Waals surface area contributed by atoms with E-state index in [-0.39, 0.29) is 28.9 Å². The van der Waals surface area contributed by atoms with Gasteiger partial charge in [0.1, 0.15) is 0 Å². The third kappa shape index (κ3) is 12.8. The lowest BCUT2D eigenvalue weighted by Crippen LogP contribution is -2.23. The lowest BCUT2D eigenvalue weighted by Gasteiger charge is -2.21. The molecule has 0 spiro atoms. The van der Waals surface area contributed by atoms with Crippen molar-refractivity contribution in [1.29, 1.82) is 0 Å². The van der Waals surface area contributed by atoms with Crippen LogP contribution < -0.4 is 16.4 Å². The van der Waals surface area contributed by atoms with Crippen molar-refractivity contribution in [2.24, 2.45) is 5.73 Å². The summed E-state index contributed by atoms with van der Waals surface area (Å²) in [4.78, 5) is 55.1. The number of Topliss-reactive ketones (excluding diaryl/α,β-unsaturated/α-hetero) is 4. The van der Waals surface area contributed by atoms with Gasteiger partial charge in [-0.2, -0.15) is 0 Å². The number of rotatable bonds is 5. The minimum Gasteiger partial charge on any atom is -0.402 e. The molecule has 5 N–H and O–H groups in total. The van der Waals surface area contributed by atoms with Gasteiger partial charge in [-0.1, -0.05) is 0 Å². The molecule has 2 aliphatic heterocycles. The van der Waals surface area contributed by atoms with Gasteiger partial charge in [-0.05, 0) is 75.3 Å². The molecule has 0 aromatic rings. The van der Waals surface area contributed by atoms with Crippen LogP contribution >= 0.6 is 0 Å². The summed E-state index contributed by atoms with van der Waals surface area (Å²) in [5.41, 5.74) is 12.0. The summed E-state index contributed by atoms with van der Waals surface area (Å²) in [7, 11) is 1.00. The number of dihydropyridines is 2. The quantitative estimate of drug-likeness (QED) is 0.401. The van der Waals surface area contributed by atoms with Crippen LogP contribution in [0.5, 0.6) is 0 Å². The van der Waals surface area contributed by atoms with Crippen LogP contribution in [0.1, 0.15) is 82.1 Å². The first-order chi connectivity index (χ1) is 17.0. The van der Waals surface area contributed by atoms with E-state index in [1.165, 1.54) is 40.7 Å². The molecular weight excluding hydrogens is 474 g/mol. The van der Waals surface area contributed by atoms with Crippen LogP contribution in [0.3, 0.4) is 0 Å². The number of hydrogen-bond acceptors (Lipinski definition) is 9. The number of nitrogens with one attached hydrogen (secondary N) is 2. The highest BCUT2D eigenvalue weighted by Gasteiger charge is 2.21. The zero-order valence-corrected chi connectivity index (χ0v) is 24.1. The normalized spacial score (nSPS) is 15.1. The zero-order chi connectivity index (χ0) is 29.6. The SMILES string of the molecule is CC(=O)/C=C(/C)N.CC(=O)C1=C(C)NC(C)=C(C(C)=O)C1.CC(=O)C1=C(C)NC(C)=C(C(C)=O)C1.CO. The van der Waals surface area contributed by atoms with Crippen molar-refractivity contribution >= 4 is 28.9 Å². The van der Waals surface area contributed by atoms with Crippen molar-refractivity contribution in [2.45, 2.75) is 82.1 Å². The van der Waals surface area contributed by atoms with E-state index in [1.807, 2.05) is 27.7 Å². The second-order valence-corrected chi connectivity index (χ2v) is 8.74. The van der Waals surface area contributed by atoms with E-state index in [2.05, 4.69) is 10.6 Å². The summed E-state index contributed by atoms with van der Waals surface area (Å²) in [6.45, 7) is 16.7. The largest absolute Gasteiger partial charge is 0.402 e. The number of hydrogen-bond donors (Lipinski definition) is 4. The molecule has 0 aromatic carbocycles.